The summed E-state index contributed by atoms with van der Waals surface area (Å²) in [5, 5.41) is 22.2. The van der Waals surface area contributed by atoms with Crippen LogP contribution in [0.15, 0.2) is 28.4 Å². The number of rotatable bonds is 3. The molecule has 2 spiro atoms. The summed E-state index contributed by atoms with van der Waals surface area (Å²) < 4.78 is 5.44. The lowest BCUT2D eigenvalue weighted by Crippen LogP contribution is -2.63. The van der Waals surface area contributed by atoms with E-state index < -0.39 is 11.6 Å². The monoisotopic (exact) mass is 415 g/mol. The fourth-order valence-electron chi connectivity index (χ4n) is 8.68. The van der Waals surface area contributed by atoms with Gasteiger partial charge in [0, 0.05) is 43.7 Å². The number of aliphatic hydroxyl groups is 1. The number of carboxylic acids is 1. The Balaban J connectivity index is 1.76. The molecule has 0 saturated heterocycles. The first-order valence-corrected chi connectivity index (χ1v) is 11.2. The second-order valence-corrected chi connectivity index (χ2v) is 10.00. The number of carboxylic acid groups (broad SMARTS) is 1. The zero-order valence-electron chi connectivity index (χ0n) is 17.9. The van der Waals surface area contributed by atoms with Crippen molar-refractivity contribution in [2.75, 3.05) is 27.3 Å². The van der Waals surface area contributed by atoms with Crippen LogP contribution >= 0.6 is 0 Å². The lowest BCUT2D eigenvalue weighted by molar-refractivity contribution is -0.168. The fourth-order valence-corrected chi connectivity index (χ4v) is 8.68. The Labute approximate surface area is 177 Å². The third-order valence-electron chi connectivity index (χ3n) is 9.29. The molecule has 0 aromatic heterocycles. The molecule has 3 saturated carbocycles. The highest BCUT2D eigenvalue weighted by Gasteiger charge is 2.78. The molecule has 0 radical (unpaired) electrons. The maximum Gasteiger partial charge on any atom is 0.334 e. The fraction of sp³-hybridized carbons (Fsp3) is 0.739. The highest BCUT2D eigenvalue weighted by atomic mass is 16.5. The third-order valence-corrected chi connectivity index (χ3v) is 9.29. The van der Waals surface area contributed by atoms with Gasteiger partial charge in [0.1, 0.15) is 5.60 Å². The number of guanidine groups is 1. The lowest BCUT2D eigenvalue weighted by atomic mass is 9.42. The van der Waals surface area contributed by atoms with Gasteiger partial charge in [0.25, 0.3) is 0 Å². The molecule has 2 bridgehead atoms. The van der Waals surface area contributed by atoms with Crippen molar-refractivity contribution in [1.29, 1.82) is 0 Å². The van der Waals surface area contributed by atoms with Gasteiger partial charge in [-0.2, -0.15) is 0 Å². The molecule has 4 N–H and O–H groups in total. The van der Waals surface area contributed by atoms with Gasteiger partial charge >= 0.3 is 5.97 Å². The summed E-state index contributed by atoms with van der Waals surface area (Å²) in [6.07, 6.45) is 11.1. The number of carbonyl (C=O) groups is 1. The largest absolute Gasteiger partial charge is 0.478 e. The Hall–Kier alpha value is -1.86. The van der Waals surface area contributed by atoms with Crippen LogP contribution in [0.3, 0.4) is 0 Å². The van der Waals surface area contributed by atoms with Gasteiger partial charge in [0.15, 0.2) is 5.96 Å². The first-order chi connectivity index (χ1) is 14.4. The van der Waals surface area contributed by atoms with E-state index in [1.54, 1.807) is 14.2 Å². The van der Waals surface area contributed by atoms with E-state index in [0.717, 1.165) is 57.1 Å². The Bertz CT molecular complexity index is 867. The molecule has 7 heteroatoms. The minimum absolute atomic E-state index is 0.0378. The number of aliphatic imine (C=N–C) groups is 1. The van der Waals surface area contributed by atoms with E-state index in [1.807, 2.05) is 11.1 Å². The van der Waals surface area contributed by atoms with Crippen molar-refractivity contribution in [2.24, 2.45) is 39.3 Å². The first-order valence-electron chi connectivity index (χ1n) is 11.2. The molecule has 4 aliphatic carbocycles. The van der Waals surface area contributed by atoms with Crippen LogP contribution in [0, 0.1) is 28.6 Å². The van der Waals surface area contributed by atoms with Crippen LogP contribution in [-0.4, -0.2) is 60.0 Å². The molecule has 5 rings (SSSR count). The Kier molecular flexibility index (Phi) is 4.39. The zero-order chi connectivity index (χ0) is 21.3. The predicted molar refractivity (Wildman–Crippen MR) is 113 cm³/mol. The van der Waals surface area contributed by atoms with E-state index in [9.17, 15) is 15.0 Å². The highest BCUT2D eigenvalue weighted by Crippen LogP contribution is 2.80. The number of nitrogens with two attached hydrogens (primary N) is 1. The number of aliphatic carboxylic acids is 1. The zero-order valence-corrected chi connectivity index (χ0v) is 17.9. The first kappa shape index (κ1) is 20.1. The standard InChI is InChI=1S/C23H33N3O4/c1-25-20(24)26-10-4-9-21(12-26)15-8-7-14-5-3-6-17-22(29,13-30-2)18(19(27)28)16(11-15)23(14,17)21/h4,10,14-15,17,29H,3,5-9,11-13H2,1-2H3,(H2,24,25)(H,27,28). The molecule has 0 aromatic carbocycles. The van der Waals surface area contributed by atoms with Gasteiger partial charge in [-0.3, -0.25) is 4.99 Å². The van der Waals surface area contributed by atoms with E-state index in [4.69, 9.17) is 10.5 Å². The van der Waals surface area contributed by atoms with Crippen molar-refractivity contribution in [3.05, 3.63) is 23.4 Å². The van der Waals surface area contributed by atoms with Crippen LogP contribution in [-0.2, 0) is 9.53 Å². The van der Waals surface area contributed by atoms with Gasteiger partial charge in [-0.1, -0.05) is 12.5 Å². The SMILES string of the molecule is CN=C(N)N1C=CCC2(C1)C1CCC3CCCC4C(O)(COC)C(C(=O)O)=C(C1)C342. The number of ether oxygens (including phenoxy) is 1. The van der Waals surface area contributed by atoms with Gasteiger partial charge in [-0.05, 0) is 55.9 Å². The van der Waals surface area contributed by atoms with Crippen LogP contribution in [0.1, 0.15) is 44.9 Å². The van der Waals surface area contributed by atoms with Gasteiger partial charge in [-0.25, -0.2) is 4.79 Å². The molecule has 1 aliphatic heterocycles. The Morgan fingerprint density at radius 3 is 2.80 bits per heavy atom. The summed E-state index contributed by atoms with van der Waals surface area (Å²) in [6, 6.07) is 0. The number of allylic oxidation sites excluding steroid dienone is 2. The maximum atomic E-state index is 12.6. The normalized spacial score (nSPS) is 44.7. The molecule has 5 aliphatic rings. The van der Waals surface area contributed by atoms with E-state index in [2.05, 4.69) is 11.1 Å². The van der Waals surface area contributed by atoms with Gasteiger partial charge in [0.2, 0.25) is 0 Å². The van der Waals surface area contributed by atoms with Gasteiger partial charge in [0.05, 0.1) is 12.2 Å². The molecule has 6 atom stereocenters. The van der Waals surface area contributed by atoms with Crippen LogP contribution in [0.4, 0.5) is 0 Å². The summed E-state index contributed by atoms with van der Waals surface area (Å²) >= 11 is 0. The highest BCUT2D eigenvalue weighted by molar-refractivity contribution is 5.92. The molecule has 7 nitrogen and oxygen atoms in total. The average Bonchev–Trinajstić information content (AvgIpc) is 3.00. The summed E-state index contributed by atoms with van der Waals surface area (Å²) in [5.41, 5.74) is 5.63. The van der Waals surface area contributed by atoms with Gasteiger partial charge in [-0.15, -0.1) is 0 Å². The molecule has 0 aromatic rings. The number of nitrogens with zero attached hydrogens (tertiary/aromatic N) is 2. The molecule has 164 valence electrons. The summed E-state index contributed by atoms with van der Waals surface area (Å²) in [5.74, 6) is 0.197. The average molecular weight is 416 g/mol. The Morgan fingerprint density at radius 2 is 2.10 bits per heavy atom. The van der Waals surface area contributed by atoms with Crippen molar-refractivity contribution in [2.45, 2.75) is 50.5 Å². The van der Waals surface area contributed by atoms with E-state index in [-0.39, 0.29) is 28.9 Å². The summed E-state index contributed by atoms with van der Waals surface area (Å²) in [6.45, 7) is 0.778. The van der Waals surface area contributed by atoms with Crippen molar-refractivity contribution in [3.63, 3.8) is 0 Å². The van der Waals surface area contributed by atoms with Crippen LogP contribution in [0.25, 0.3) is 0 Å². The second-order valence-electron chi connectivity index (χ2n) is 10.00. The van der Waals surface area contributed by atoms with Crippen LogP contribution in [0.5, 0.6) is 0 Å². The second kappa shape index (κ2) is 6.57. The third kappa shape index (κ3) is 2.13. The van der Waals surface area contributed by atoms with Gasteiger partial charge < -0.3 is 25.6 Å². The van der Waals surface area contributed by atoms with Crippen molar-refractivity contribution in [1.82, 2.24) is 4.90 Å². The molecular formula is C23H33N3O4. The minimum atomic E-state index is -1.43. The van der Waals surface area contributed by atoms with Crippen molar-refractivity contribution in [3.8, 4) is 0 Å². The molecule has 6 unspecified atom stereocenters. The molecule has 30 heavy (non-hydrogen) atoms. The maximum absolute atomic E-state index is 12.6. The van der Waals surface area contributed by atoms with Crippen LogP contribution < -0.4 is 5.73 Å². The van der Waals surface area contributed by atoms with E-state index >= 15 is 0 Å². The Morgan fingerprint density at radius 1 is 1.33 bits per heavy atom. The van der Waals surface area contributed by atoms with Crippen molar-refractivity contribution < 1.29 is 19.7 Å². The van der Waals surface area contributed by atoms with E-state index in [0.29, 0.717) is 17.8 Å². The minimum Gasteiger partial charge on any atom is -0.478 e. The number of hydrogen-bond acceptors (Lipinski definition) is 4. The number of methoxy groups -OCH3 is 1. The smallest absolute Gasteiger partial charge is 0.334 e. The lowest BCUT2D eigenvalue weighted by Gasteiger charge is -2.63. The molecule has 0 amide bonds. The molecular weight excluding hydrogens is 382 g/mol. The van der Waals surface area contributed by atoms with E-state index in [1.165, 1.54) is 0 Å². The molecule has 1 heterocycles. The predicted octanol–water partition coefficient (Wildman–Crippen LogP) is 2.13. The summed E-state index contributed by atoms with van der Waals surface area (Å²) in [7, 11) is 3.25. The quantitative estimate of drug-likeness (QED) is 0.481. The van der Waals surface area contributed by atoms with Crippen LogP contribution in [0.2, 0.25) is 0 Å². The number of hydrogen-bond donors (Lipinski definition) is 3. The summed E-state index contributed by atoms with van der Waals surface area (Å²) in [4.78, 5) is 18.8. The molecule has 3 fully saturated rings. The van der Waals surface area contributed by atoms with Crippen molar-refractivity contribution >= 4 is 11.9 Å². The topological polar surface area (TPSA) is 108 Å².